The highest BCUT2D eigenvalue weighted by Crippen LogP contribution is 2.32. The third-order valence-corrected chi connectivity index (χ3v) is 7.13. The maximum atomic E-state index is 12.9. The number of ether oxygens (including phenoxy) is 3. The van der Waals surface area contributed by atoms with Crippen LogP contribution in [0.3, 0.4) is 0 Å². The minimum atomic E-state index is -3.64. The zero-order valence-corrected chi connectivity index (χ0v) is 18.7. The minimum absolute atomic E-state index is 0.140. The molecular formula is C22H27N3O6S. The molecule has 172 valence electrons. The molecule has 0 aromatic heterocycles. The zero-order valence-electron chi connectivity index (χ0n) is 17.9. The van der Waals surface area contributed by atoms with Crippen LogP contribution in [0.25, 0.3) is 0 Å². The van der Waals surface area contributed by atoms with Crippen molar-refractivity contribution in [1.29, 1.82) is 0 Å². The van der Waals surface area contributed by atoms with E-state index >= 15 is 0 Å². The number of rotatable bonds is 6. The number of fused-ring (bicyclic) bond motifs is 1. The van der Waals surface area contributed by atoms with Crippen LogP contribution in [-0.4, -0.2) is 64.2 Å². The van der Waals surface area contributed by atoms with Gasteiger partial charge in [0.15, 0.2) is 11.5 Å². The van der Waals surface area contributed by atoms with Gasteiger partial charge in [0, 0.05) is 37.0 Å². The summed E-state index contributed by atoms with van der Waals surface area (Å²) in [4.78, 5) is 12.9. The SMILES string of the molecule is C[C@@H](Nc1ccc2c(c1)OCCCO2)C(=O)Nc1cccc(S(=O)(=O)N2CCOCC2)c1. The molecule has 9 nitrogen and oxygen atoms in total. The average Bonchev–Trinajstić information content (AvgIpc) is 3.05. The molecule has 1 saturated heterocycles. The summed E-state index contributed by atoms with van der Waals surface area (Å²) in [6, 6.07) is 11.2. The molecule has 0 radical (unpaired) electrons. The summed E-state index contributed by atoms with van der Waals surface area (Å²) in [5, 5.41) is 5.93. The van der Waals surface area contributed by atoms with E-state index in [9.17, 15) is 13.2 Å². The maximum Gasteiger partial charge on any atom is 0.246 e. The van der Waals surface area contributed by atoms with Gasteiger partial charge in [-0.2, -0.15) is 4.31 Å². The van der Waals surface area contributed by atoms with Gasteiger partial charge in [-0.25, -0.2) is 8.42 Å². The van der Waals surface area contributed by atoms with Crippen LogP contribution < -0.4 is 20.1 Å². The van der Waals surface area contributed by atoms with Crippen molar-refractivity contribution in [2.24, 2.45) is 0 Å². The second kappa shape index (κ2) is 9.76. The van der Waals surface area contributed by atoms with Gasteiger partial charge in [-0.3, -0.25) is 4.79 Å². The molecule has 2 aromatic carbocycles. The number of hydrogen-bond donors (Lipinski definition) is 2. The quantitative estimate of drug-likeness (QED) is 0.680. The first-order chi connectivity index (χ1) is 15.4. The molecule has 0 unspecified atom stereocenters. The number of carbonyl (C=O) groups is 1. The Bertz CT molecular complexity index is 1070. The molecule has 0 bridgehead atoms. The van der Waals surface area contributed by atoms with Crippen LogP contribution in [0.5, 0.6) is 11.5 Å². The molecule has 0 aliphatic carbocycles. The number of morpholine rings is 1. The van der Waals surface area contributed by atoms with Gasteiger partial charge < -0.3 is 24.8 Å². The summed E-state index contributed by atoms with van der Waals surface area (Å²) in [6.45, 7) is 4.30. The van der Waals surface area contributed by atoms with Crippen molar-refractivity contribution in [2.45, 2.75) is 24.3 Å². The minimum Gasteiger partial charge on any atom is -0.490 e. The number of anilines is 2. The molecule has 1 amide bonds. The number of benzene rings is 2. The lowest BCUT2D eigenvalue weighted by atomic mass is 10.2. The summed E-state index contributed by atoms with van der Waals surface area (Å²) in [7, 11) is -3.64. The molecule has 10 heteroatoms. The highest BCUT2D eigenvalue weighted by Gasteiger charge is 2.26. The topological polar surface area (TPSA) is 106 Å². The van der Waals surface area contributed by atoms with E-state index in [2.05, 4.69) is 10.6 Å². The van der Waals surface area contributed by atoms with Crippen molar-refractivity contribution >= 4 is 27.3 Å². The van der Waals surface area contributed by atoms with E-state index in [-0.39, 0.29) is 10.8 Å². The molecule has 2 aliphatic heterocycles. The summed E-state index contributed by atoms with van der Waals surface area (Å²) in [5.74, 6) is 1.03. The van der Waals surface area contributed by atoms with Crippen LogP contribution in [0.1, 0.15) is 13.3 Å². The second-order valence-electron chi connectivity index (χ2n) is 7.61. The van der Waals surface area contributed by atoms with Gasteiger partial charge in [-0.05, 0) is 37.3 Å². The van der Waals surface area contributed by atoms with Crippen LogP contribution >= 0.6 is 0 Å². The Labute approximate surface area is 187 Å². The number of nitrogens with one attached hydrogen (secondary N) is 2. The van der Waals surface area contributed by atoms with Crippen LogP contribution in [0, 0.1) is 0 Å². The van der Waals surface area contributed by atoms with Crippen molar-refractivity contribution in [1.82, 2.24) is 4.31 Å². The van der Waals surface area contributed by atoms with Gasteiger partial charge in [0.05, 0.1) is 31.3 Å². The van der Waals surface area contributed by atoms with E-state index < -0.39 is 16.1 Å². The predicted molar refractivity (Wildman–Crippen MR) is 120 cm³/mol. The lowest BCUT2D eigenvalue weighted by Gasteiger charge is -2.26. The van der Waals surface area contributed by atoms with Crippen LogP contribution in [0.15, 0.2) is 47.4 Å². The fourth-order valence-electron chi connectivity index (χ4n) is 3.49. The molecule has 1 fully saturated rings. The standard InChI is InChI=1S/C22H27N3O6S/c1-16(23-18-6-7-20-21(15-18)31-11-3-10-30-20)22(26)24-17-4-2-5-19(14-17)32(27,28)25-8-12-29-13-9-25/h2,4-7,14-16,23H,3,8-13H2,1H3,(H,24,26)/t16-/m1/s1. The Balaban J connectivity index is 1.41. The number of nitrogens with zero attached hydrogens (tertiary/aromatic N) is 1. The van der Waals surface area contributed by atoms with Gasteiger partial charge in [-0.15, -0.1) is 0 Å². The largest absolute Gasteiger partial charge is 0.490 e. The summed E-state index contributed by atoms with van der Waals surface area (Å²) < 4.78 is 43.7. The maximum absolute atomic E-state index is 12.9. The van der Waals surface area contributed by atoms with Gasteiger partial charge in [0.1, 0.15) is 6.04 Å². The highest BCUT2D eigenvalue weighted by atomic mass is 32.2. The molecule has 2 aromatic rings. The normalized spacial score (nSPS) is 17.8. The summed E-state index contributed by atoms with van der Waals surface area (Å²) in [5.41, 5.74) is 1.14. The molecule has 0 saturated carbocycles. The van der Waals surface area contributed by atoms with E-state index in [1.54, 1.807) is 25.1 Å². The van der Waals surface area contributed by atoms with E-state index in [0.717, 1.165) is 12.1 Å². The van der Waals surface area contributed by atoms with E-state index in [0.29, 0.717) is 56.7 Å². The zero-order chi connectivity index (χ0) is 22.6. The summed E-state index contributed by atoms with van der Waals surface area (Å²) >= 11 is 0. The number of carbonyl (C=O) groups excluding carboxylic acids is 1. The van der Waals surface area contributed by atoms with Gasteiger partial charge in [-0.1, -0.05) is 6.07 Å². The number of hydrogen-bond acceptors (Lipinski definition) is 7. The monoisotopic (exact) mass is 461 g/mol. The van der Waals surface area contributed by atoms with Gasteiger partial charge in [0.2, 0.25) is 15.9 Å². The van der Waals surface area contributed by atoms with Gasteiger partial charge >= 0.3 is 0 Å². The predicted octanol–water partition coefficient (Wildman–Crippen LogP) is 2.31. The van der Waals surface area contributed by atoms with Crippen LogP contribution in [-0.2, 0) is 19.6 Å². The Morgan fingerprint density at radius 3 is 2.50 bits per heavy atom. The van der Waals surface area contributed by atoms with Crippen molar-refractivity contribution < 1.29 is 27.4 Å². The molecule has 2 heterocycles. The third-order valence-electron chi connectivity index (χ3n) is 5.23. The Kier molecular flexibility index (Phi) is 6.83. The molecule has 1 atom stereocenters. The van der Waals surface area contributed by atoms with Crippen LogP contribution in [0.4, 0.5) is 11.4 Å². The first-order valence-electron chi connectivity index (χ1n) is 10.6. The Morgan fingerprint density at radius 1 is 0.969 bits per heavy atom. The first-order valence-corrected chi connectivity index (χ1v) is 12.0. The van der Waals surface area contributed by atoms with Crippen LogP contribution in [0.2, 0.25) is 0 Å². The number of sulfonamides is 1. The van der Waals surface area contributed by atoms with E-state index in [4.69, 9.17) is 14.2 Å². The molecule has 2 aliphatic rings. The highest BCUT2D eigenvalue weighted by molar-refractivity contribution is 7.89. The first kappa shape index (κ1) is 22.4. The molecule has 32 heavy (non-hydrogen) atoms. The van der Waals surface area contributed by atoms with Crippen molar-refractivity contribution in [3.63, 3.8) is 0 Å². The third kappa shape index (κ3) is 5.14. The lowest BCUT2D eigenvalue weighted by molar-refractivity contribution is -0.116. The smallest absolute Gasteiger partial charge is 0.246 e. The fourth-order valence-corrected chi connectivity index (χ4v) is 4.94. The average molecular weight is 462 g/mol. The molecule has 2 N–H and O–H groups in total. The van der Waals surface area contributed by atoms with Gasteiger partial charge in [0.25, 0.3) is 0 Å². The summed E-state index contributed by atoms with van der Waals surface area (Å²) in [6.07, 6.45) is 0.816. The molecule has 4 rings (SSSR count). The molecular weight excluding hydrogens is 434 g/mol. The molecule has 0 spiro atoms. The Morgan fingerprint density at radius 2 is 1.72 bits per heavy atom. The number of amides is 1. The van der Waals surface area contributed by atoms with Crippen molar-refractivity contribution in [2.75, 3.05) is 50.2 Å². The van der Waals surface area contributed by atoms with Crippen molar-refractivity contribution in [3.8, 4) is 11.5 Å². The van der Waals surface area contributed by atoms with E-state index in [1.165, 1.54) is 16.4 Å². The van der Waals surface area contributed by atoms with Crippen molar-refractivity contribution in [3.05, 3.63) is 42.5 Å². The van der Waals surface area contributed by atoms with E-state index in [1.807, 2.05) is 12.1 Å². The second-order valence-corrected chi connectivity index (χ2v) is 9.55. The lowest BCUT2D eigenvalue weighted by Crippen LogP contribution is -2.40. The Hall–Kier alpha value is -2.82. The fraction of sp³-hybridized carbons (Fsp3) is 0.409.